The van der Waals surface area contributed by atoms with E-state index in [1.807, 2.05) is 25.1 Å². The Kier molecular flexibility index (Phi) is 7.98. The highest BCUT2D eigenvalue weighted by atomic mass is 32.2. The molecule has 0 saturated carbocycles. The summed E-state index contributed by atoms with van der Waals surface area (Å²) in [5.74, 6) is 1.26. The van der Waals surface area contributed by atoms with E-state index in [0.717, 1.165) is 36.2 Å². The van der Waals surface area contributed by atoms with Crippen molar-refractivity contribution < 1.29 is 4.79 Å². The first-order chi connectivity index (χ1) is 17.7. The molecule has 1 saturated heterocycles. The van der Waals surface area contributed by atoms with Crippen LogP contribution in [0.5, 0.6) is 0 Å². The number of carbonyl (C=O) groups excluding carboxylic acids is 1. The molecule has 2 heterocycles. The minimum absolute atomic E-state index is 0.00694. The number of carbonyl (C=O) groups is 1. The molecular weight excluding hydrogens is 466 g/mol. The Labute approximate surface area is 217 Å². The Hall–Kier alpha value is -3.16. The van der Waals surface area contributed by atoms with E-state index < -0.39 is 0 Å². The van der Waals surface area contributed by atoms with Gasteiger partial charge in [-0.05, 0) is 60.8 Å². The van der Waals surface area contributed by atoms with Crippen molar-refractivity contribution in [2.75, 3.05) is 18.8 Å². The van der Waals surface area contributed by atoms with Crippen LogP contribution in [-0.4, -0.2) is 44.4 Å². The quantitative estimate of drug-likeness (QED) is 0.311. The van der Waals surface area contributed by atoms with Gasteiger partial charge in [-0.2, -0.15) is 0 Å². The van der Waals surface area contributed by atoms with E-state index in [4.69, 9.17) is 0 Å². The molecule has 186 valence electrons. The lowest BCUT2D eigenvalue weighted by Gasteiger charge is -2.26. The molecule has 1 fully saturated rings. The molecule has 1 aromatic heterocycles. The van der Waals surface area contributed by atoms with Crippen molar-refractivity contribution in [3.05, 3.63) is 89.7 Å². The third-order valence-electron chi connectivity index (χ3n) is 6.77. The van der Waals surface area contributed by atoms with Gasteiger partial charge in [-0.15, -0.1) is 10.2 Å². The molecule has 1 N–H and O–H groups in total. The number of rotatable bonds is 9. The zero-order chi connectivity index (χ0) is 24.7. The van der Waals surface area contributed by atoms with E-state index in [0.29, 0.717) is 12.3 Å². The molecule has 7 heteroatoms. The number of hydrogen-bond donors (Lipinski definition) is 1. The molecule has 0 spiro atoms. The predicted octanol–water partition coefficient (Wildman–Crippen LogP) is 5.44. The second-order valence-electron chi connectivity index (χ2n) is 9.49. The summed E-state index contributed by atoms with van der Waals surface area (Å²) in [6, 6.07) is 24.9. The molecule has 1 amide bonds. The zero-order valence-corrected chi connectivity index (χ0v) is 21.6. The summed E-state index contributed by atoms with van der Waals surface area (Å²) in [6.07, 6.45) is 3.79. The first-order valence-electron chi connectivity index (χ1n) is 12.7. The fourth-order valence-corrected chi connectivity index (χ4v) is 5.53. The summed E-state index contributed by atoms with van der Waals surface area (Å²) < 4.78 is 2.18. The Morgan fingerprint density at radius 3 is 2.47 bits per heavy atom. The third kappa shape index (κ3) is 6.15. The van der Waals surface area contributed by atoms with Gasteiger partial charge in [0.2, 0.25) is 5.91 Å². The molecule has 4 aromatic rings. The van der Waals surface area contributed by atoms with Crippen molar-refractivity contribution in [2.24, 2.45) is 0 Å². The Balaban J connectivity index is 1.25. The monoisotopic (exact) mass is 499 g/mol. The molecule has 6 nitrogen and oxygen atoms in total. The van der Waals surface area contributed by atoms with Crippen molar-refractivity contribution in [2.45, 2.75) is 50.5 Å². The van der Waals surface area contributed by atoms with Crippen LogP contribution in [-0.2, 0) is 17.9 Å². The fourth-order valence-electron chi connectivity index (χ4n) is 4.76. The van der Waals surface area contributed by atoms with Crippen LogP contribution in [0.1, 0.15) is 49.2 Å². The summed E-state index contributed by atoms with van der Waals surface area (Å²) in [6.45, 7) is 5.74. The van der Waals surface area contributed by atoms with Crippen molar-refractivity contribution in [1.82, 2.24) is 25.0 Å². The van der Waals surface area contributed by atoms with Crippen molar-refractivity contribution in [3.8, 4) is 0 Å². The molecular formula is C29H33N5OS. The maximum absolute atomic E-state index is 12.9. The number of piperidine rings is 1. The van der Waals surface area contributed by atoms with Crippen LogP contribution in [0.2, 0.25) is 0 Å². The average molecular weight is 500 g/mol. The SMILES string of the molecule is C[C@@H](NC(=O)CSc1nnc(CN2CCCCC2)n1Cc1ccccc1)c1ccc2ccccc2c1. The number of hydrogen-bond acceptors (Lipinski definition) is 5. The number of likely N-dealkylation sites (tertiary alicyclic amines) is 1. The summed E-state index contributed by atoms with van der Waals surface area (Å²) in [7, 11) is 0. The minimum atomic E-state index is -0.0699. The second-order valence-corrected chi connectivity index (χ2v) is 10.4. The van der Waals surface area contributed by atoms with Crippen LogP contribution < -0.4 is 5.32 Å². The number of thioether (sulfide) groups is 1. The zero-order valence-electron chi connectivity index (χ0n) is 20.8. The van der Waals surface area contributed by atoms with Crippen LogP contribution in [0.15, 0.2) is 78.0 Å². The van der Waals surface area contributed by atoms with Gasteiger partial charge in [-0.25, -0.2) is 0 Å². The lowest BCUT2D eigenvalue weighted by molar-refractivity contribution is -0.119. The van der Waals surface area contributed by atoms with Gasteiger partial charge in [0.1, 0.15) is 5.82 Å². The molecule has 1 aliphatic heterocycles. The summed E-state index contributed by atoms with van der Waals surface area (Å²) in [5, 5.41) is 15.4. The Bertz CT molecular complexity index is 1300. The van der Waals surface area contributed by atoms with E-state index in [-0.39, 0.29) is 11.9 Å². The second kappa shape index (κ2) is 11.7. The predicted molar refractivity (Wildman–Crippen MR) is 146 cm³/mol. The molecule has 0 bridgehead atoms. The fraction of sp³-hybridized carbons (Fsp3) is 0.345. The molecule has 1 atom stereocenters. The first kappa shape index (κ1) is 24.5. The van der Waals surface area contributed by atoms with Gasteiger partial charge in [-0.3, -0.25) is 9.69 Å². The molecule has 3 aromatic carbocycles. The smallest absolute Gasteiger partial charge is 0.230 e. The number of aromatic nitrogens is 3. The van der Waals surface area contributed by atoms with Crippen LogP contribution in [0.3, 0.4) is 0 Å². The van der Waals surface area contributed by atoms with E-state index in [9.17, 15) is 4.79 Å². The highest BCUT2D eigenvalue weighted by molar-refractivity contribution is 7.99. The van der Waals surface area contributed by atoms with Crippen LogP contribution in [0, 0.1) is 0 Å². The van der Waals surface area contributed by atoms with Gasteiger partial charge in [-0.1, -0.05) is 84.9 Å². The molecule has 0 radical (unpaired) electrons. The van der Waals surface area contributed by atoms with Gasteiger partial charge >= 0.3 is 0 Å². The maximum atomic E-state index is 12.9. The van der Waals surface area contributed by atoms with E-state index in [1.54, 1.807) is 0 Å². The van der Waals surface area contributed by atoms with Gasteiger partial charge in [0.25, 0.3) is 0 Å². The van der Waals surface area contributed by atoms with Crippen molar-refractivity contribution in [3.63, 3.8) is 0 Å². The van der Waals surface area contributed by atoms with Crippen molar-refractivity contribution in [1.29, 1.82) is 0 Å². The lowest BCUT2D eigenvalue weighted by Crippen LogP contribution is -2.30. The molecule has 0 unspecified atom stereocenters. The number of nitrogens with zero attached hydrogens (tertiary/aromatic N) is 4. The lowest BCUT2D eigenvalue weighted by atomic mass is 10.0. The van der Waals surface area contributed by atoms with Gasteiger partial charge in [0.15, 0.2) is 5.16 Å². The summed E-state index contributed by atoms with van der Waals surface area (Å²) in [5.41, 5.74) is 2.30. The summed E-state index contributed by atoms with van der Waals surface area (Å²) in [4.78, 5) is 15.3. The molecule has 5 rings (SSSR count). The Morgan fingerprint density at radius 2 is 1.67 bits per heavy atom. The van der Waals surface area contributed by atoms with E-state index in [2.05, 4.69) is 79.6 Å². The van der Waals surface area contributed by atoms with Gasteiger partial charge in [0, 0.05) is 0 Å². The number of fused-ring (bicyclic) bond motifs is 1. The third-order valence-corrected chi connectivity index (χ3v) is 7.74. The van der Waals surface area contributed by atoms with E-state index in [1.165, 1.54) is 47.4 Å². The van der Waals surface area contributed by atoms with Crippen LogP contribution in [0.4, 0.5) is 0 Å². The summed E-state index contributed by atoms with van der Waals surface area (Å²) >= 11 is 1.46. The largest absolute Gasteiger partial charge is 0.349 e. The average Bonchev–Trinajstić information content (AvgIpc) is 3.29. The molecule has 1 aliphatic rings. The topological polar surface area (TPSA) is 63.1 Å². The van der Waals surface area contributed by atoms with Crippen LogP contribution in [0.25, 0.3) is 10.8 Å². The van der Waals surface area contributed by atoms with Crippen molar-refractivity contribution >= 4 is 28.4 Å². The number of benzene rings is 3. The highest BCUT2D eigenvalue weighted by Crippen LogP contribution is 2.23. The first-order valence-corrected chi connectivity index (χ1v) is 13.7. The minimum Gasteiger partial charge on any atom is -0.349 e. The normalized spacial score (nSPS) is 15.1. The maximum Gasteiger partial charge on any atom is 0.230 e. The highest BCUT2D eigenvalue weighted by Gasteiger charge is 2.19. The number of amides is 1. The molecule has 0 aliphatic carbocycles. The van der Waals surface area contributed by atoms with Gasteiger partial charge < -0.3 is 9.88 Å². The van der Waals surface area contributed by atoms with Gasteiger partial charge in [0.05, 0.1) is 24.9 Å². The standard InChI is InChI=1S/C29H33N5OS/c1-22(25-15-14-24-12-6-7-13-26(24)18-25)30-28(35)21-36-29-32-31-27(20-33-16-8-3-9-17-33)34(29)19-23-10-4-2-5-11-23/h2,4-7,10-15,18,22H,3,8-9,16-17,19-21H2,1H3,(H,30,35)/t22-/m1/s1. The Morgan fingerprint density at radius 1 is 0.917 bits per heavy atom. The van der Waals surface area contributed by atoms with Crippen LogP contribution >= 0.6 is 11.8 Å². The molecule has 36 heavy (non-hydrogen) atoms. The number of nitrogens with one attached hydrogen (secondary N) is 1. The van der Waals surface area contributed by atoms with E-state index >= 15 is 0 Å².